The Morgan fingerprint density at radius 2 is 0.545 bits per heavy atom. The predicted molar refractivity (Wildman–Crippen MR) is 195 cm³/mol. The molecule has 0 aliphatic heterocycles. The van der Waals surface area contributed by atoms with E-state index in [-0.39, 0.29) is 0 Å². The molecule has 0 saturated heterocycles. The van der Waals surface area contributed by atoms with Crippen LogP contribution in [0.5, 0.6) is 0 Å². The molecule has 0 bridgehead atoms. The van der Waals surface area contributed by atoms with Gasteiger partial charge in [-0.2, -0.15) is 0 Å². The van der Waals surface area contributed by atoms with Gasteiger partial charge in [0.25, 0.3) is 0 Å². The Balaban J connectivity index is 1.64. The van der Waals surface area contributed by atoms with Crippen LogP contribution in [0.4, 0.5) is 0 Å². The van der Waals surface area contributed by atoms with E-state index in [1.807, 2.05) is 0 Å². The molecule has 0 saturated carbocycles. The monoisotopic (exact) mass is 694 g/mol. The van der Waals surface area contributed by atoms with Crippen LogP contribution in [0.25, 0.3) is 11.1 Å². The van der Waals surface area contributed by atoms with Crippen LogP contribution >= 0.6 is 0 Å². The van der Waals surface area contributed by atoms with Crippen molar-refractivity contribution in [1.82, 2.24) is 0 Å². The molecule has 2 heteroatoms. The normalized spacial score (nSPS) is 11.4. The van der Waals surface area contributed by atoms with Crippen molar-refractivity contribution in [1.29, 1.82) is 0 Å². The summed E-state index contributed by atoms with van der Waals surface area (Å²) in [5, 5.41) is 0. The molecular formula is C42H40As2. The molecule has 0 nitrogen and oxygen atoms in total. The van der Waals surface area contributed by atoms with Gasteiger partial charge in [-0.15, -0.1) is 0 Å². The van der Waals surface area contributed by atoms with Crippen LogP contribution in [0, 0.1) is 41.5 Å². The summed E-state index contributed by atoms with van der Waals surface area (Å²) in [6.07, 6.45) is 0. The number of hydrogen-bond donors (Lipinski definition) is 0. The first-order valence-corrected chi connectivity index (χ1v) is 21.0. The van der Waals surface area contributed by atoms with Gasteiger partial charge >= 0.3 is 275 Å². The van der Waals surface area contributed by atoms with Gasteiger partial charge in [-0.05, 0) is 0 Å². The average Bonchev–Trinajstić information content (AvgIpc) is 3.02. The average molecular weight is 695 g/mol. The van der Waals surface area contributed by atoms with E-state index < -0.39 is 29.3 Å². The third-order valence-electron chi connectivity index (χ3n) is 8.40. The fourth-order valence-electron chi connectivity index (χ4n) is 5.96. The number of benzene rings is 6. The van der Waals surface area contributed by atoms with Crippen molar-refractivity contribution in [3.8, 4) is 11.1 Å². The molecule has 218 valence electrons. The molecule has 0 atom stereocenters. The first-order valence-electron chi connectivity index (χ1n) is 15.4. The quantitative estimate of drug-likeness (QED) is 0.174. The molecule has 0 radical (unpaired) electrons. The summed E-state index contributed by atoms with van der Waals surface area (Å²) in [7, 11) is 0. The third kappa shape index (κ3) is 6.30. The Kier molecular flexibility index (Phi) is 9.14. The Labute approximate surface area is 273 Å². The Morgan fingerprint density at radius 1 is 0.295 bits per heavy atom. The molecule has 0 heterocycles. The van der Waals surface area contributed by atoms with Gasteiger partial charge in [0.2, 0.25) is 0 Å². The molecule has 6 rings (SSSR count). The molecular weight excluding hydrogens is 654 g/mol. The first-order chi connectivity index (χ1) is 21.3. The number of hydrogen-bond acceptors (Lipinski definition) is 0. The second-order valence-electron chi connectivity index (χ2n) is 12.0. The van der Waals surface area contributed by atoms with E-state index in [2.05, 4.69) is 175 Å². The van der Waals surface area contributed by atoms with E-state index in [1.54, 1.807) is 0 Å². The van der Waals surface area contributed by atoms with Gasteiger partial charge in [-0.25, -0.2) is 0 Å². The zero-order valence-electron chi connectivity index (χ0n) is 26.6. The van der Waals surface area contributed by atoms with Crippen molar-refractivity contribution < 1.29 is 0 Å². The number of aryl methyl sites for hydroxylation is 6. The summed E-state index contributed by atoms with van der Waals surface area (Å²) in [5.41, 5.74) is 10.8. The van der Waals surface area contributed by atoms with Crippen LogP contribution in [-0.4, -0.2) is 29.3 Å². The second kappa shape index (κ2) is 13.2. The van der Waals surface area contributed by atoms with Gasteiger partial charge in [0, 0.05) is 0 Å². The topological polar surface area (TPSA) is 0 Å². The minimum atomic E-state index is -1.90. The Morgan fingerprint density at radius 3 is 0.795 bits per heavy atom. The molecule has 0 aromatic heterocycles. The molecule has 0 aliphatic carbocycles. The van der Waals surface area contributed by atoms with Crippen LogP contribution in [0.15, 0.2) is 133 Å². The van der Waals surface area contributed by atoms with Crippen molar-refractivity contribution >= 4 is 55.4 Å². The zero-order valence-corrected chi connectivity index (χ0v) is 30.3. The van der Waals surface area contributed by atoms with Crippen molar-refractivity contribution in [3.63, 3.8) is 0 Å². The molecule has 0 spiro atoms. The van der Waals surface area contributed by atoms with Crippen molar-refractivity contribution in [2.75, 3.05) is 0 Å². The summed E-state index contributed by atoms with van der Waals surface area (Å²) in [4.78, 5) is 0. The van der Waals surface area contributed by atoms with E-state index >= 15 is 0 Å². The summed E-state index contributed by atoms with van der Waals surface area (Å²) >= 11 is -3.80. The summed E-state index contributed by atoms with van der Waals surface area (Å²) < 4.78 is 8.92. The SMILES string of the molecule is Cc1ccc([As](c2ccc(C)cc2)c2cccc(C)c2-c2c(C)cccc2[As](c2ccc(C)cc2)c2ccc(C)cc2)cc1. The fourth-order valence-corrected chi connectivity index (χ4v) is 16.4. The Hall–Kier alpha value is -3.56. The van der Waals surface area contributed by atoms with Gasteiger partial charge < -0.3 is 0 Å². The molecule has 6 aromatic rings. The standard InChI is InChI=1S/C42H40As2/c1-29-13-21-35(22-14-29)43(36-23-15-30(2)16-24-36)39-11-7-9-33(5)41(39)42-34(6)10-8-12-40(42)44(37-25-17-31(3)18-26-37)38-27-19-32(4)20-28-38/h7-28H,1-6H3. The van der Waals surface area contributed by atoms with Gasteiger partial charge in [-0.3, -0.25) is 0 Å². The maximum absolute atomic E-state index is 2.44. The Bertz CT molecular complexity index is 1650. The van der Waals surface area contributed by atoms with E-state index in [0.29, 0.717) is 0 Å². The molecule has 44 heavy (non-hydrogen) atoms. The van der Waals surface area contributed by atoms with Gasteiger partial charge in [0.1, 0.15) is 0 Å². The van der Waals surface area contributed by atoms with Gasteiger partial charge in [0.05, 0.1) is 0 Å². The second-order valence-corrected chi connectivity index (χ2v) is 21.1. The van der Waals surface area contributed by atoms with Crippen LogP contribution in [0.1, 0.15) is 33.4 Å². The molecule has 0 aliphatic rings. The van der Waals surface area contributed by atoms with Crippen molar-refractivity contribution in [2.45, 2.75) is 41.5 Å². The fraction of sp³-hybridized carbons (Fsp3) is 0.143. The van der Waals surface area contributed by atoms with Crippen LogP contribution in [-0.2, 0) is 0 Å². The number of rotatable bonds is 7. The van der Waals surface area contributed by atoms with E-state index in [1.165, 1.54) is 70.6 Å². The molecule has 6 aromatic carbocycles. The van der Waals surface area contributed by atoms with Crippen LogP contribution in [0.2, 0.25) is 0 Å². The summed E-state index contributed by atoms with van der Waals surface area (Å²) in [6, 6.07) is 51.5. The molecule has 0 unspecified atom stereocenters. The molecule has 0 N–H and O–H groups in total. The van der Waals surface area contributed by atoms with Crippen LogP contribution < -0.4 is 26.1 Å². The van der Waals surface area contributed by atoms with Gasteiger partial charge in [-0.1, -0.05) is 0 Å². The minimum absolute atomic E-state index is 1.31. The maximum atomic E-state index is 2.44. The van der Waals surface area contributed by atoms with E-state index in [9.17, 15) is 0 Å². The van der Waals surface area contributed by atoms with E-state index in [0.717, 1.165) is 0 Å². The molecule has 0 amide bonds. The first kappa shape index (κ1) is 30.5. The van der Waals surface area contributed by atoms with E-state index in [4.69, 9.17) is 0 Å². The van der Waals surface area contributed by atoms with Crippen molar-refractivity contribution in [2.24, 2.45) is 0 Å². The van der Waals surface area contributed by atoms with Gasteiger partial charge in [0.15, 0.2) is 0 Å². The predicted octanol–water partition coefficient (Wildman–Crippen LogP) is 6.24. The zero-order chi connectivity index (χ0) is 30.8. The third-order valence-corrected chi connectivity index (χ3v) is 18.8. The van der Waals surface area contributed by atoms with Crippen molar-refractivity contribution in [3.05, 3.63) is 167 Å². The summed E-state index contributed by atoms with van der Waals surface area (Å²) in [5.74, 6) is 0. The summed E-state index contributed by atoms with van der Waals surface area (Å²) in [6.45, 7) is 13.4. The molecule has 0 fully saturated rings. The van der Waals surface area contributed by atoms with Crippen LogP contribution in [0.3, 0.4) is 0 Å².